The molecule has 1 fully saturated rings. The van der Waals surface area contributed by atoms with Gasteiger partial charge in [0.15, 0.2) is 0 Å². The second-order valence-corrected chi connectivity index (χ2v) is 8.65. The fourth-order valence-corrected chi connectivity index (χ4v) is 3.50. The topological polar surface area (TPSA) is 113 Å². The molecular formula is C15H25N5O4S. The van der Waals surface area contributed by atoms with Crippen LogP contribution < -0.4 is 10.6 Å². The Bertz CT molecular complexity index is 735. The van der Waals surface area contributed by atoms with Crippen molar-refractivity contribution in [3.8, 4) is 0 Å². The highest BCUT2D eigenvalue weighted by molar-refractivity contribution is 7.90. The van der Waals surface area contributed by atoms with E-state index >= 15 is 0 Å². The molecule has 1 aromatic rings. The fraction of sp³-hybridized carbons (Fsp3) is 0.667. The average Bonchev–Trinajstić information content (AvgIpc) is 2.96. The van der Waals surface area contributed by atoms with Crippen LogP contribution in [0.4, 0.5) is 5.82 Å². The summed E-state index contributed by atoms with van der Waals surface area (Å²) in [4.78, 5) is 26.3. The standard InChI is InChI=1S/C15H25N5O4S/c1-16-14(22)15(18-12-4-8-17-19(12)2)6-9-20(10-7-15)13(21)5-11-25(3,23)24/h4,8,18H,5-7,9-11H2,1-3H3,(H,16,22). The third-order valence-corrected chi connectivity index (χ3v) is 5.45. The van der Waals surface area contributed by atoms with E-state index in [9.17, 15) is 18.0 Å². The Balaban J connectivity index is 2.05. The number of likely N-dealkylation sites (N-methyl/N-ethyl adjacent to an activating group) is 1. The lowest BCUT2D eigenvalue weighted by Gasteiger charge is -2.41. The number of likely N-dealkylation sites (tertiary alicyclic amines) is 1. The second kappa shape index (κ2) is 7.42. The molecule has 0 bridgehead atoms. The Kier molecular flexibility index (Phi) is 5.71. The van der Waals surface area contributed by atoms with E-state index in [1.54, 1.807) is 35.9 Å². The Labute approximate surface area is 147 Å². The number of aryl methyl sites for hydroxylation is 1. The Hall–Kier alpha value is -2.10. The van der Waals surface area contributed by atoms with Crippen LogP contribution in [0.5, 0.6) is 0 Å². The van der Waals surface area contributed by atoms with E-state index < -0.39 is 15.4 Å². The van der Waals surface area contributed by atoms with Gasteiger partial charge in [0, 0.05) is 45.9 Å². The summed E-state index contributed by atoms with van der Waals surface area (Å²) in [5.41, 5.74) is -0.823. The lowest BCUT2D eigenvalue weighted by Crippen LogP contribution is -2.58. The van der Waals surface area contributed by atoms with E-state index in [1.165, 1.54) is 0 Å². The zero-order valence-corrected chi connectivity index (χ0v) is 15.6. The number of piperidine rings is 1. The van der Waals surface area contributed by atoms with Gasteiger partial charge in [0.2, 0.25) is 11.8 Å². The third kappa shape index (κ3) is 4.71. The molecule has 0 saturated carbocycles. The van der Waals surface area contributed by atoms with Crippen molar-refractivity contribution in [1.82, 2.24) is 20.0 Å². The Morgan fingerprint density at radius 1 is 1.32 bits per heavy atom. The number of nitrogens with one attached hydrogen (secondary N) is 2. The minimum atomic E-state index is -3.17. The second-order valence-electron chi connectivity index (χ2n) is 6.39. The Morgan fingerprint density at radius 2 is 1.96 bits per heavy atom. The highest BCUT2D eigenvalue weighted by atomic mass is 32.2. The summed E-state index contributed by atoms with van der Waals surface area (Å²) in [6.07, 6.45) is 3.60. The van der Waals surface area contributed by atoms with E-state index in [0.29, 0.717) is 25.9 Å². The van der Waals surface area contributed by atoms with E-state index in [0.717, 1.165) is 12.1 Å². The monoisotopic (exact) mass is 371 g/mol. The number of carbonyl (C=O) groups excluding carboxylic acids is 2. The highest BCUT2D eigenvalue weighted by Crippen LogP contribution is 2.27. The van der Waals surface area contributed by atoms with Gasteiger partial charge in [0.25, 0.3) is 0 Å². The normalized spacial score (nSPS) is 17.2. The number of hydrogen-bond acceptors (Lipinski definition) is 6. The van der Waals surface area contributed by atoms with Crippen molar-refractivity contribution in [2.45, 2.75) is 24.8 Å². The maximum Gasteiger partial charge on any atom is 0.245 e. The molecule has 0 aromatic carbocycles. The van der Waals surface area contributed by atoms with Crippen molar-refractivity contribution < 1.29 is 18.0 Å². The maximum absolute atomic E-state index is 12.5. The minimum Gasteiger partial charge on any atom is -0.357 e. The van der Waals surface area contributed by atoms with Crippen molar-refractivity contribution in [3.05, 3.63) is 12.3 Å². The maximum atomic E-state index is 12.5. The number of hydrogen-bond donors (Lipinski definition) is 2. The predicted octanol–water partition coefficient (Wildman–Crippen LogP) is -0.626. The summed E-state index contributed by atoms with van der Waals surface area (Å²) >= 11 is 0. The van der Waals surface area contributed by atoms with Crippen molar-refractivity contribution in [2.24, 2.45) is 7.05 Å². The molecule has 9 nitrogen and oxygen atoms in total. The molecular weight excluding hydrogens is 346 g/mol. The van der Waals surface area contributed by atoms with Crippen LogP contribution in [0.1, 0.15) is 19.3 Å². The van der Waals surface area contributed by atoms with Crippen LogP contribution in [0.25, 0.3) is 0 Å². The molecule has 10 heteroatoms. The molecule has 1 aliphatic heterocycles. The molecule has 1 aromatic heterocycles. The molecule has 2 amide bonds. The van der Waals surface area contributed by atoms with Crippen molar-refractivity contribution in [2.75, 3.05) is 37.5 Å². The van der Waals surface area contributed by atoms with E-state index in [4.69, 9.17) is 0 Å². The van der Waals surface area contributed by atoms with Crippen LogP contribution in [-0.4, -0.2) is 72.6 Å². The van der Waals surface area contributed by atoms with Gasteiger partial charge >= 0.3 is 0 Å². The summed E-state index contributed by atoms with van der Waals surface area (Å²) in [5.74, 6) is 0.227. The molecule has 2 N–H and O–H groups in total. The lowest BCUT2D eigenvalue weighted by atomic mass is 9.86. The zero-order valence-electron chi connectivity index (χ0n) is 14.8. The quantitative estimate of drug-likeness (QED) is 0.689. The number of rotatable bonds is 6. The molecule has 1 saturated heterocycles. The molecule has 0 atom stereocenters. The van der Waals surface area contributed by atoms with Crippen molar-refractivity contribution >= 4 is 27.5 Å². The van der Waals surface area contributed by atoms with Gasteiger partial charge in [-0.3, -0.25) is 14.3 Å². The summed E-state index contributed by atoms with van der Waals surface area (Å²) in [7, 11) is 0.193. The Morgan fingerprint density at radius 3 is 2.44 bits per heavy atom. The molecule has 1 aliphatic rings. The van der Waals surface area contributed by atoms with Gasteiger partial charge in [-0.25, -0.2) is 8.42 Å². The van der Waals surface area contributed by atoms with Gasteiger partial charge in [-0.2, -0.15) is 5.10 Å². The minimum absolute atomic E-state index is 0.0268. The first-order valence-electron chi connectivity index (χ1n) is 8.11. The van der Waals surface area contributed by atoms with Crippen molar-refractivity contribution in [1.29, 1.82) is 0 Å². The van der Waals surface area contributed by atoms with E-state index in [2.05, 4.69) is 15.7 Å². The predicted molar refractivity (Wildman–Crippen MR) is 93.8 cm³/mol. The van der Waals surface area contributed by atoms with Gasteiger partial charge in [-0.15, -0.1) is 0 Å². The molecule has 0 unspecified atom stereocenters. The van der Waals surface area contributed by atoms with Crippen LogP contribution in [0.15, 0.2) is 12.3 Å². The zero-order chi connectivity index (χ0) is 18.7. The smallest absolute Gasteiger partial charge is 0.245 e. The summed E-state index contributed by atoms with van der Waals surface area (Å²) < 4.78 is 24.1. The first kappa shape index (κ1) is 19.2. The number of amides is 2. The van der Waals surface area contributed by atoms with Crippen LogP contribution in [0, 0.1) is 0 Å². The van der Waals surface area contributed by atoms with Gasteiger partial charge in [0.05, 0.1) is 11.9 Å². The number of anilines is 1. The van der Waals surface area contributed by atoms with Gasteiger partial charge in [-0.05, 0) is 12.8 Å². The van der Waals surface area contributed by atoms with Gasteiger partial charge < -0.3 is 15.5 Å². The summed E-state index contributed by atoms with van der Waals surface area (Å²) in [6, 6.07) is 1.79. The molecule has 2 heterocycles. The van der Waals surface area contributed by atoms with Gasteiger partial charge in [0.1, 0.15) is 21.2 Å². The fourth-order valence-electron chi connectivity index (χ4n) is 2.96. The third-order valence-electron chi connectivity index (χ3n) is 4.51. The highest BCUT2D eigenvalue weighted by Gasteiger charge is 2.42. The number of sulfone groups is 1. The molecule has 0 radical (unpaired) electrons. The van der Waals surface area contributed by atoms with Crippen molar-refractivity contribution in [3.63, 3.8) is 0 Å². The molecule has 25 heavy (non-hydrogen) atoms. The molecule has 2 rings (SSSR count). The summed E-state index contributed by atoms with van der Waals surface area (Å²) in [6.45, 7) is 0.779. The van der Waals surface area contributed by atoms with Crippen LogP contribution in [-0.2, 0) is 26.5 Å². The molecule has 0 spiro atoms. The van der Waals surface area contributed by atoms with E-state index in [-0.39, 0.29) is 24.0 Å². The molecule has 0 aliphatic carbocycles. The first-order valence-corrected chi connectivity index (χ1v) is 10.2. The lowest BCUT2D eigenvalue weighted by molar-refractivity contribution is -0.135. The van der Waals surface area contributed by atoms with E-state index in [1.807, 2.05) is 0 Å². The van der Waals surface area contributed by atoms with Gasteiger partial charge in [-0.1, -0.05) is 0 Å². The van der Waals surface area contributed by atoms with Crippen LogP contribution >= 0.6 is 0 Å². The first-order chi connectivity index (χ1) is 11.7. The van der Waals surface area contributed by atoms with Crippen LogP contribution in [0.2, 0.25) is 0 Å². The number of carbonyl (C=O) groups is 2. The number of nitrogens with zero attached hydrogens (tertiary/aromatic N) is 3. The molecule has 140 valence electrons. The number of aromatic nitrogens is 2. The largest absolute Gasteiger partial charge is 0.357 e. The SMILES string of the molecule is CNC(=O)C1(Nc2ccnn2C)CCN(C(=O)CCS(C)(=O)=O)CC1. The summed E-state index contributed by atoms with van der Waals surface area (Å²) in [5, 5.41) is 10.0. The average molecular weight is 371 g/mol. The van der Waals surface area contributed by atoms with Crippen LogP contribution in [0.3, 0.4) is 0 Å².